The largest absolute Gasteiger partial charge is 0.472 e. The van der Waals surface area contributed by atoms with Crippen LogP contribution in [0, 0.1) is 0 Å². The molecule has 2 aromatic heterocycles. The number of nitrogens with zero attached hydrogens (tertiary/aromatic N) is 3. The molecule has 1 aliphatic rings. The molecule has 0 spiro atoms. The van der Waals surface area contributed by atoms with Gasteiger partial charge in [0.15, 0.2) is 11.4 Å². The number of fused-ring (bicyclic) bond motifs is 1. The van der Waals surface area contributed by atoms with Crippen molar-refractivity contribution in [3.8, 4) is 17.1 Å². The summed E-state index contributed by atoms with van der Waals surface area (Å²) in [6.45, 7) is 2.08. The van der Waals surface area contributed by atoms with Gasteiger partial charge in [0.25, 0.3) is 0 Å². The molecule has 1 aliphatic carbocycles. The molecule has 4 rings (SSSR count). The van der Waals surface area contributed by atoms with Gasteiger partial charge in [-0.05, 0) is 31.1 Å². The molecule has 124 valence electrons. The summed E-state index contributed by atoms with van der Waals surface area (Å²) >= 11 is 0. The molecule has 1 aromatic carbocycles. The molecule has 3 aromatic rings. The lowest BCUT2D eigenvalue weighted by atomic mass is 10.1. The predicted molar refractivity (Wildman–Crippen MR) is 95.8 cm³/mol. The van der Waals surface area contributed by atoms with Crippen molar-refractivity contribution in [2.24, 2.45) is 0 Å². The number of carbonyl (C=O) groups excluding carboxylic acids is 1. The summed E-state index contributed by atoms with van der Waals surface area (Å²) in [5, 5.41) is 4.55. The van der Waals surface area contributed by atoms with Crippen molar-refractivity contribution in [3.05, 3.63) is 72.0 Å². The van der Waals surface area contributed by atoms with E-state index in [1.807, 2.05) is 36.4 Å². The van der Waals surface area contributed by atoms with Crippen LogP contribution in [0.15, 0.2) is 66.4 Å². The van der Waals surface area contributed by atoms with Crippen molar-refractivity contribution in [2.45, 2.75) is 13.3 Å². The first-order valence-electron chi connectivity index (χ1n) is 8.14. The lowest BCUT2D eigenvalue weighted by Crippen LogP contribution is -2.04. The Bertz CT molecular complexity index is 1010. The minimum Gasteiger partial charge on any atom is -0.472 e. The highest BCUT2D eigenvalue weighted by Crippen LogP contribution is 2.23. The fourth-order valence-electron chi connectivity index (χ4n) is 2.79. The van der Waals surface area contributed by atoms with Gasteiger partial charge < -0.3 is 4.74 Å². The lowest BCUT2D eigenvalue weighted by Gasteiger charge is -2.07. The van der Waals surface area contributed by atoms with Gasteiger partial charge in [-0.15, -0.1) is 5.10 Å². The Balaban J connectivity index is 1.66. The SMILES string of the molecule is CC(=O)c1cccc(-c2cnc3ccc(OCC4=CC=CC4)nn23)c1. The number of imidazole rings is 1. The van der Waals surface area contributed by atoms with Crippen molar-refractivity contribution >= 4 is 11.4 Å². The van der Waals surface area contributed by atoms with Crippen LogP contribution < -0.4 is 4.74 Å². The molecule has 2 heterocycles. The van der Waals surface area contributed by atoms with Crippen LogP contribution in [0.3, 0.4) is 0 Å². The third-order valence-corrected chi connectivity index (χ3v) is 4.16. The predicted octanol–water partition coefficient (Wildman–Crippen LogP) is 3.86. The van der Waals surface area contributed by atoms with Crippen molar-refractivity contribution in [3.63, 3.8) is 0 Å². The normalized spacial score (nSPS) is 13.2. The molecule has 0 saturated heterocycles. The third kappa shape index (κ3) is 3.08. The van der Waals surface area contributed by atoms with E-state index in [-0.39, 0.29) is 5.78 Å². The van der Waals surface area contributed by atoms with Crippen molar-refractivity contribution in [1.29, 1.82) is 0 Å². The van der Waals surface area contributed by atoms with E-state index < -0.39 is 0 Å². The first-order valence-corrected chi connectivity index (χ1v) is 8.14. The smallest absolute Gasteiger partial charge is 0.232 e. The van der Waals surface area contributed by atoms with E-state index in [9.17, 15) is 4.79 Å². The molecule has 25 heavy (non-hydrogen) atoms. The van der Waals surface area contributed by atoms with E-state index in [0.717, 1.165) is 23.3 Å². The zero-order chi connectivity index (χ0) is 17.2. The second-order valence-electron chi connectivity index (χ2n) is 5.97. The minimum atomic E-state index is 0.0334. The fraction of sp³-hybridized carbons (Fsp3) is 0.150. The molecule has 0 N–H and O–H groups in total. The molecular formula is C20H17N3O2. The highest BCUT2D eigenvalue weighted by atomic mass is 16.5. The van der Waals surface area contributed by atoms with Gasteiger partial charge in [-0.1, -0.05) is 36.4 Å². The van der Waals surface area contributed by atoms with Crippen LogP contribution in [0.1, 0.15) is 23.7 Å². The van der Waals surface area contributed by atoms with Crippen LogP contribution in [-0.4, -0.2) is 27.0 Å². The van der Waals surface area contributed by atoms with Crippen LogP contribution in [0.5, 0.6) is 5.88 Å². The van der Waals surface area contributed by atoms with Crippen LogP contribution >= 0.6 is 0 Å². The van der Waals surface area contributed by atoms with E-state index in [1.165, 1.54) is 5.57 Å². The molecule has 5 nitrogen and oxygen atoms in total. The van der Waals surface area contributed by atoms with Gasteiger partial charge in [0.2, 0.25) is 5.88 Å². The van der Waals surface area contributed by atoms with Gasteiger partial charge >= 0.3 is 0 Å². The zero-order valence-corrected chi connectivity index (χ0v) is 13.8. The zero-order valence-electron chi connectivity index (χ0n) is 13.8. The summed E-state index contributed by atoms with van der Waals surface area (Å²) < 4.78 is 7.54. The number of hydrogen-bond acceptors (Lipinski definition) is 4. The van der Waals surface area contributed by atoms with Crippen LogP contribution in [0.4, 0.5) is 0 Å². The molecular weight excluding hydrogens is 314 g/mol. The van der Waals surface area contributed by atoms with Crippen LogP contribution in [0.2, 0.25) is 0 Å². The fourth-order valence-corrected chi connectivity index (χ4v) is 2.79. The topological polar surface area (TPSA) is 56.5 Å². The van der Waals surface area contributed by atoms with Gasteiger partial charge in [0.05, 0.1) is 11.9 Å². The number of benzene rings is 1. The number of hydrogen-bond donors (Lipinski definition) is 0. The standard InChI is InChI=1S/C20H17N3O2/c1-14(24)16-7-4-8-17(11-16)18-12-21-19-9-10-20(22-23(18)19)25-13-15-5-2-3-6-15/h2-5,7-12H,6,13H2,1H3. The first kappa shape index (κ1) is 15.3. The number of aromatic nitrogens is 3. The Hall–Kier alpha value is -3.21. The second-order valence-corrected chi connectivity index (χ2v) is 5.97. The van der Waals surface area contributed by atoms with Crippen LogP contribution in [-0.2, 0) is 0 Å². The molecule has 0 radical (unpaired) electrons. The molecule has 0 fully saturated rings. The average Bonchev–Trinajstić information content (AvgIpc) is 3.29. The number of allylic oxidation sites excluding steroid dienone is 3. The van der Waals surface area contributed by atoms with Crippen molar-refractivity contribution < 1.29 is 9.53 Å². The third-order valence-electron chi connectivity index (χ3n) is 4.16. The second kappa shape index (κ2) is 6.36. The minimum absolute atomic E-state index is 0.0334. The quantitative estimate of drug-likeness (QED) is 0.666. The van der Waals surface area contributed by atoms with E-state index in [1.54, 1.807) is 23.7 Å². The molecule has 5 heteroatoms. The number of ether oxygens (including phenoxy) is 1. The summed E-state index contributed by atoms with van der Waals surface area (Å²) in [7, 11) is 0. The number of Topliss-reactive ketones (excluding diaryl/α,β-unsaturated/α-hetero) is 1. The summed E-state index contributed by atoms with van der Waals surface area (Å²) in [5.41, 5.74) is 4.35. The maximum absolute atomic E-state index is 11.6. The summed E-state index contributed by atoms with van der Waals surface area (Å²) in [5.74, 6) is 0.577. The van der Waals surface area contributed by atoms with Crippen molar-refractivity contribution in [1.82, 2.24) is 14.6 Å². The van der Waals surface area contributed by atoms with E-state index >= 15 is 0 Å². The maximum atomic E-state index is 11.6. The van der Waals surface area contributed by atoms with Gasteiger partial charge in [0.1, 0.15) is 6.61 Å². The summed E-state index contributed by atoms with van der Waals surface area (Å²) in [6, 6.07) is 11.2. The van der Waals surface area contributed by atoms with Gasteiger partial charge in [-0.2, -0.15) is 0 Å². The van der Waals surface area contributed by atoms with E-state index in [4.69, 9.17) is 4.74 Å². The van der Waals surface area contributed by atoms with Gasteiger partial charge in [-0.25, -0.2) is 9.50 Å². The molecule has 0 atom stereocenters. The van der Waals surface area contributed by atoms with E-state index in [2.05, 4.69) is 22.2 Å². The van der Waals surface area contributed by atoms with Gasteiger partial charge in [-0.3, -0.25) is 4.79 Å². The van der Waals surface area contributed by atoms with Gasteiger partial charge in [0, 0.05) is 17.2 Å². The summed E-state index contributed by atoms with van der Waals surface area (Å²) in [6.07, 6.45) is 8.89. The Kier molecular flexibility index (Phi) is 3.90. The lowest BCUT2D eigenvalue weighted by molar-refractivity contribution is 0.101. The molecule has 0 amide bonds. The average molecular weight is 331 g/mol. The Labute approximate surface area is 145 Å². The summed E-state index contributed by atoms with van der Waals surface area (Å²) in [4.78, 5) is 16.0. The molecule has 0 saturated carbocycles. The first-order chi connectivity index (χ1) is 12.2. The van der Waals surface area contributed by atoms with E-state index in [0.29, 0.717) is 18.1 Å². The molecule has 0 aliphatic heterocycles. The molecule has 0 unspecified atom stereocenters. The highest BCUT2D eigenvalue weighted by Gasteiger charge is 2.10. The highest BCUT2D eigenvalue weighted by molar-refractivity contribution is 5.95. The number of carbonyl (C=O) groups is 1. The number of rotatable bonds is 5. The van der Waals surface area contributed by atoms with Crippen LogP contribution in [0.25, 0.3) is 16.9 Å². The maximum Gasteiger partial charge on any atom is 0.232 e. The Morgan fingerprint density at radius 1 is 1.28 bits per heavy atom. The van der Waals surface area contributed by atoms with Crippen molar-refractivity contribution in [2.75, 3.05) is 6.61 Å². The Morgan fingerprint density at radius 3 is 3.00 bits per heavy atom. The number of ketones is 1. The monoisotopic (exact) mass is 331 g/mol. The molecule has 0 bridgehead atoms. The Morgan fingerprint density at radius 2 is 2.20 bits per heavy atom.